The second kappa shape index (κ2) is 6.21. The minimum Gasteiger partial charge on any atom is -0.315 e. The smallest absolute Gasteiger partial charge is 0.292 e. The highest BCUT2D eigenvalue weighted by molar-refractivity contribution is 9.13. The second-order valence-corrected chi connectivity index (χ2v) is 7.27. The van der Waals surface area contributed by atoms with Crippen molar-refractivity contribution in [2.45, 2.75) is 0 Å². The number of hydrogen-bond donors (Lipinski definition) is 1. The predicted octanol–water partition coefficient (Wildman–Crippen LogP) is 5.09. The lowest BCUT2D eigenvalue weighted by molar-refractivity contribution is -0.383. The highest BCUT2D eigenvalue weighted by Crippen LogP contribution is 2.34. The van der Waals surface area contributed by atoms with Crippen LogP contribution < -0.4 is 5.32 Å². The molecule has 2 rings (SSSR count). The summed E-state index contributed by atoms with van der Waals surface area (Å²) in [6, 6.07) is 5.61. The Hall–Kier alpha value is -0.960. The van der Waals surface area contributed by atoms with Gasteiger partial charge in [0.05, 0.1) is 13.6 Å². The van der Waals surface area contributed by atoms with Gasteiger partial charge in [-0.1, -0.05) is 11.6 Å². The van der Waals surface area contributed by atoms with Gasteiger partial charge >= 0.3 is 0 Å². The van der Waals surface area contributed by atoms with E-state index < -0.39 is 10.8 Å². The maximum Gasteiger partial charge on any atom is 0.292 e. The molecule has 2 aromatic rings. The summed E-state index contributed by atoms with van der Waals surface area (Å²) in [5.41, 5.74) is -0.148. The van der Waals surface area contributed by atoms with Gasteiger partial charge in [0.1, 0.15) is 5.69 Å². The van der Waals surface area contributed by atoms with Crippen molar-refractivity contribution in [3.05, 3.63) is 52.5 Å². The fourth-order valence-electron chi connectivity index (χ4n) is 1.41. The Bertz CT molecular complexity index is 685. The van der Waals surface area contributed by atoms with E-state index in [1.165, 1.54) is 29.5 Å². The molecular formula is C11H5Br2ClN2O3S. The highest BCUT2D eigenvalue weighted by Gasteiger charge is 2.18. The molecule has 0 unspecified atom stereocenters. The number of nitrogens with zero attached hydrogens (tertiary/aromatic N) is 1. The third-order valence-corrected chi connectivity index (χ3v) is 5.76. The van der Waals surface area contributed by atoms with E-state index in [0.717, 1.165) is 8.26 Å². The Morgan fingerprint density at radius 3 is 2.60 bits per heavy atom. The van der Waals surface area contributed by atoms with Gasteiger partial charge in [0, 0.05) is 15.6 Å². The largest absolute Gasteiger partial charge is 0.315 e. The molecule has 1 N–H and O–H groups in total. The molecule has 5 nitrogen and oxygen atoms in total. The van der Waals surface area contributed by atoms with Gasteiger partial charge in [0.25, 0.3) is 11.6 Å². The summed E-state index contributed by atoms with van der Waals surface area (Å²) in [6.45, 7) is 0. The molecule has 1 aromatic carbocycles. The van der Waals surface area contributed by atoms with Crippen LogP contribution in [0, 0.1) is 10.1 Å². The average molecular weight is 440 g/mol. The Morgan fingerprint density at radius 1 is 1.35 bits per heavy atom. The minimum absolute atomic E-state index is 0.0631. The topological polar surface area (TPSA) is 72.2 Å². The van der Waals surface area contributed by atoms with Gasteiger partial charge in [-0.25, -0.2) is 0 Å². The Balaban J connectivity index is 2.32. The molecular weight excluding hydrogens is 435 g/mol. The Morgan fingerprint density at radius 2 is 2.05 bits per heavy atom. The van der Waals surface area contributed by atoms with E-state index in [4.69, 9.17) is 11.6 Å². The first-order valence-electron chi connectivity index (χ1n) is 5.08. The normalized spacial score (nSPS) is 10.3. The zero-order chi connectivity index (χ0) is 14.9. The number of amides is 1. The first-order chi connectivity index (χ1) is 9.38. The van der Waals surface area contributed by atoms with Crippen LogP contribution in [0.2, 0.25) is 5.02 Å². The molecule has 0 bridgehead atoms. The fraction of sp³-hybridized carbons (Fsp3) is 0. The summed E-state index contributed by atoms with van der Waals surface area (Å²) in [4.78, 5) is 22.8. The molecule has 0 radical (unpaired) electrons. The number of rotatable bonds is 3. The summed E-state index contributed by atoms with van der Waals surface area (Å²) in [7, 11) is 0. The van der Waals surface area contributed by atoms with Crippen molar-refractivity contribution in [2.24, 2.45) is 0 Å². The second-order valence-electron chi connectivity index (χ2n) is 3.60. The molecule has 1 amide bonds. The molecule has 0 aliphatic rings. The van der Waals surface area contributed by atoms with E-state index in [0.29, 0.717) is 9.90 Å². The summed E-state index contributed by atoms with van der Waals surface area (Å²) in [6.07, 6.45) is 0. The minimum atomic E-state index is -0.577. The number of hydrogen-bond acceptors (Lipinski definition) is 4. The van der Waals surface area contributed by atoms with Gasteiger partial charge < -0.3 is 5.32 Å². The van der Waals surface area contributed by atoms with E-state index in [1.54, 1.807) is 6.07 Å². The number of thiophene rings is 1. The van der Waals surface area contributed by atoms with E-state index >= 15 is 0 Å². The quantitative estimate of drug-likeness (QED) is 0.534. The standard InChI is InChI=1S/C11H5Br2ClN2O3S/c12-6-4-9(20-10(6)13)11(17)15-7-3-5(14)1-2-8(7)16(18)19/h1-4H,(H,15,17). The van der Waals surface area contributed by atoms with E-state index in [-0.39, 0.29) is 11.4 Å². The molecule has 0 aliphatic heterocycles. The van der Waals surface area contributed by atoms with Gasteiger partial charge in [-0.05, 0) is 50.1 Å². The van der Waals surface area contributed by atoms with Crippen molar-refractivity contribution >= 4 is 72.1 Å². The van der Waals surface area contributed by atoms with Crippen molar-refractivity contribution in [3.63, 3.8) is 0 Å². The van der Waals surface area contributed by atoms with Gasteiger partial charge in [-0.2, -0.15) is 0 Å². The van der Waals surface area contributed by atoms with Crippen LogP contribution >= 0.6 is 54.8 Å². The Labute approximate surface area is 139 Å². The lowest BCUT2D eigenvalue weighted by Gasteiger charge is -2.05. The van der Waals surface area contributed by atoms with Gasteiger partial charge in [0.2, 0.25) is 0 Å². The summed E-state index contributed by atoms with van der Waals surface area (Å²) in [5.74, 6) is -0.438. The van der Waals surface area contributed by atoms with Crippen LogP contribution in [0.5, 0.6) is 0 Å². The molecule has 104 valence electrons. The number of halogens is 3. The molecule has 1 heterocycles. The molecule has 0 aliphatic carbocycles. The van der Waals surface area contributed by atoms with Crippen molar-refractivity contribution in [2.75, 3.05) is 5.32 Å². The maximum atomic E-state index is 12.1. The molecule has 20 heavy (non-hydrogen) atoms. The number of nitro groups is 1. The van der Waals surface area contributed by atoms with Gasteiger partial charge in [-0.3, -0.25) is 14.9 Å². The first-order valence-corrected chi connectivity index (χ1v) is 7.86. The molecule has 9 heteroatoms. The molecule has 0 spiro atoms. The van der Waals surface area contributed by atoms with E-state index in [2.05, 4.69) is 37.2 Å². The van der Waals surface area contributed by atoms with Crippen LogP contribution in [0.3, 0.4) is 0 Å². The van der Waals surface area contributed by atoms with Crippen LogP contribution in [-0.4, -0.2) is 10.8 Å². The van der Waals surface area contributed by atoms with E-state index in [1.807, 2.05) is 0 Å². The number of nitrogens with one attached hydrogen (secondary N) is 1. The zero-order valence-electron chi connectivity index (χ0n) is 9.52. The third-order valence-electron chi connectivity index (χ3n) is 2.27. The lowest BCUT2D eigenvalue weighted by atomic mass is 10.2. The van der Waals surface area contributed by atoms with Crippen LogP contribution in [0.25, 0.3) is 0 Å². The van der Waals surface area contributed by atoms with Gasteiger partial charge in [-0.15, -0.1) is 11.3 Å². The van der Waals surface area contributed by atoms with Crippen molar-refractivity contribution in [1.29, 1.82) is 0 Å². The monoisotopic (exact) mass is 438 g/mol. The van der Waals surface area contributed by atoms with Crippen LogP contribution in [-0.2, 0) is 0 Å². The van der Waals surface area contributed by atoms with Crippen LogP contribution in [0.4, 0.5) is 11.4 Å². The number of carbonyl (C=O) groups is 1. The summed E-state index contributed by atoms with van der Waals surface area (Å²) in [5, 5.41) is 13.7. The highest BCUT2D eigenvalue weighted by atomic mass is 79.9. The van der Waals surface area contributed by atoms with Crippen molar-refractivity contribution in [1.82, 2.24) is 0 Å². The van der Waals surface area contributed by atoms with Crippen molar-refractivity contribution in [3.8, 4) is 0 Å². The number of benzene rings is 1. The number of carbonyl (C=O) groups excluding carboxylic acids is 1. The first kappa shape index (κ1) is 15.4. The molecule has 0 saturated heterocycles. The third kappa shape index (κ3) is 3.38. The van der Waals surface area contributed by atoms with E-state index in [9.17, 15) is 14.9 Å². The summed E-state index contributed by atoms with van der Waals surface area (Å²) < 4.78 is 1.51. The fourth-order valence-corrected chi connectivity index (χ4v) is 3.51. The molecule has 0 atom stereocenters. The maximum absolute atomic E-state index is 12.1. The number of anilines is 1. The Kier molecular flexibility index (Phi) is 4.79. The van der Waals surface area contributed by atoms with Crippen LogP contribution in [0.1, 0.15) is 9.67 Å². The van der Waals surface area contributed by atoms with Gasteiger partial charge in [0.15, 0.2) is 0 Å². The zero-order valence-corrected chi connectivity index (χ0v) is 14.3. The predicted molar refractivity (Wildman–Crippen MR) is 85.8 cm³/mol. The summed E-state index contributed by atoms with van der Waals surface area (Å²) >= 11 is 13.6. The molecule has 0 saturated carbocycles. The molecule has 0 fully saturated rings. The SMILES string of the molecule is O=C(Nc1cc(Cl)ccc1[N+](=O)[O-])c1cc(Br)c(Br)s1. The lowest BCUT2D eigenvalue weighted by Crippen LogP contribution is -2.11. The average Bonchev–Trinajstić information content (AvgIpc) is 2.69. The number of nitro benzene ring substituents is 1. The molecule has 1 aromatic heterocycles. The van der Waals surface area contributed by atoms with Crippen molar-refractivity contribution < 1.29 is 9.72 Å². The van der Waals surface area contributed by atoms with Crippen LogP contribution in [0.15, 0.2) is 32.5 Å².